The molecule has 1 aromatic carbocycles. The third kappa shape index (κ3) is 15.4. The highest BCUT2D eigenvalue weighted by atomic mass is 35.6. The number of unbranched alkanes of at least 4 members (excludes halogenated alkanes) is 14. The number of carbonyl (C=O) groups is 1. The van der Waals surface area contributed by atoms with Gasteiger partial charge in [0.25, 0.3) is 0 Å². The average molecular weight is 534 g/mol. The van der Waals surface area contributed by atoms with Crippen molar-refractivity contribution in [3.8, 4) is 0 Å². The van der Waals surface area contributed by atoms with Gasteiger partial charge in [-0.2, -0.15) is 0 Å². The van der Waals surface area contributed by atoms with Crippen LogP contribution in [-0.2, 0) is 4.79 Å². The molecule has 0 aliphatic heterocycles. The van der Waals surface area contributed by atoms with Crippen LogP contribution in [0.5, 0.6) is 0 Å². The lowest BCUT2D eigenvalue weighted by molar-refractivity contribution is -0.121. The van der Waals surface area contributed by atoms with Gasteiger partial charge in [-0.15, -0.1) is 0 Å². The molecule has 0 aliphatic carbocycles. The number of carbonyl (C=O) groups excluding carboxylic acids is 1. The molecular formula is C28H47Cl3N2O. The molecule has 34 heavy (non-hydrogen) atoms. The first-order valence-corrected chi connectivity index (χ1v) is 14.6. The third-order valence-electron chi connectivity index (χ3n) is 6.32. The van der Waals surface area contributed by atoms with Crippen LogP contribution in [0.3, 0.4) is 0 Å². The minimum Gasteiger partial charge on any atom is -0.362 e. The minimum absolute atomic E-state index is 0.0942. The maximum Gasteiger partial charge on any atom is 0.228 e. The monoisotopic (exact) mass is 532 g/mol. The maximum absolute atomic E-state index is 12.4. The fourth-order valence-electron chi connectivity index (χ4n) is 4.22. The van der Waals surface area contributed by atoms with Crippen molar-refractivity contribution >= 4 is 46.4 Å². The number of nitrogens with one attached hydrogen (secondary N) is 2. The number of aryl methyl sites for hydroxylation is 2. The average Bonchev–Trinajstić information content (AvgIpc) is 2.77. The van der Waals surface area contributed by atoms with Crippen LogP contribution in [0.15, 0.2) is 18.2 Å². The van der Waals surface area contributed by atoms with Crippen molar-refractivity contribution in [3.63, 3.8) is 0 Å². The summed E-state index contributed by atoms with van der Waals surface area (Å²) >= 11 is 18.4. The topological polar surface area (TPSA) is 41.1 Å². The summed E-state index contributed by atoms with van der Waals surface area (Å²) in [5.41, 5.74) is 3.04. The van der Waals surface area contributed by atoms with Gasteiger partial charge in [-0.3, -0.25) is 4.79 Å². The number of amides is 1. The second-order valence-electron chi connectivity index (χ2n) is 9.70. The molecule has 0 aliphatic rings. The van der Waals surface area contributed by atoms with Crippen LogP contribution >= 0.6 is 34.8 Å². The molecule has 6 heteroatoms. The molecule has 0 saturated heterocycles. The van der Waals surface area contributed by atoms with Crippen LogP contribution in [0.4, 0.5) is 5.69 Å². The van der Waals surface area contributed by atoms with Crippen LogP contribution < -0.4 is 10.6 Å². The highest BCUT2D eigenvalue weighted by molar-refractivity contribution is 6.68. The van der Waals surface area contributed by atoms with Crippen molar-refractivity contribution in [3.05, 3.63) is 29.3 Å². The quantitative estimate of drug-likeness (QED) is 0.105. The van der Waals surface area contributed by atoms with Crippen LogP contribution in [0.1, 0.15) is 121 Å². The van der Waals surface area contributed by atoms with Gasteiger partial charge in [-0.05, 0) is 31.9 Å². The van der Waals surface area contributed by atoms with E-state index in [0.29, 0.717) is 6.42 Å². The van der Waals surface area contributed by atoms with Gasteiger partial charge in [-0.1, -0.05) is 149 Å². The zero-order valence-corrected chi connectivity index (χ0v) is 23.9. The van der Waals surface area contributed by atoms with Crippen molar-refractivity contribution in [1.82, 2.24) is 5.32 Å². The molecule has 0 bridgehead atoms. The van der Waals surface area contributed by atoms with E-state index in [9.17, 15) is 4.79 Å². The van der Waals surface area contributed by atoms with Crippen LogP contribution in [0.2, 0.25) is 0 Å². The van der Waals surface area contributed by atoms with Crippen molar-refractivity contribution in [2.24, 2.45) is 0 Å². The van der Waals surface area contributed by atoms with Crippen LogP contribution in [0, 0.1) is 13.8 Å². The second kappa shape index (κ2) is 18.6. The first kappa shape index (κ1) is 31.4. The maximum atomic E-state index is 12.4. The Bertz CT molecular complexity index is 676. The van der Waals surface area contributed by atoms with Gasteiger partial charge in [-0.25, -0.2) is 0 Å². The molecule has 1 atom stereocenters. The van der Waals surface area contributed by atoms with Gasteiger partial charge in [0.15, 0.2) is 0 Å². The van der Waals surface area contributed by atoms with E-state index in [1.165, 1.54) is 83.5 Å². The zero-order valence-electron chi connectivity index (χ0n) is 21.7. The van der Waals surface area contributed by atoms with E-state index in [2.05, 4.69) is 23.6 Å². The molecule has 0 heterocycles. The Morgan fingerprint density at radius 1 is 0.794 bits per heavy atom. The largest absolute Gasteiger partial charge is 0.362 e. The van der Waals surface area contributed by atoms with Crippen LogP contribution in [-0.4, -0.2) is 15.9 Å². The first-order chi connectivity index (χ1) is 16.2. The Balaban J connectivity index is 2.11. The third-order valence-corrected chi connectivity index (χ3v) is 6.98. The summed E-state index contributed by atoms with van der Waals surface area (Å²) in [6.45, 7) is 6.29. The summed E-state index contributed by atoms with van der Waals surface area (Å²) < 4.78 is -1.65. The fraction of sp³-hybridized carbons (Fsp3) is 0.750. The molecule has 1 rings (SSSR count). The van der Waals surface area contributed by atoms with Crippen molar-refractivity contribution in [1.29, 1.82) is 0 Å². The summed E-state index contributed by atoms with van der Waals surface area (Å²) in [5.74, 6) is -0.0942. The number of halogens is 3. The standard InChI is InChI=1S/C28H47Cl3N2O/c1-4-5-6-7-8-9-10-11-12-13-14-15-16-17-18-19-26(34)33-27(28(29,30)31)32-25-21-20-23(2)22-24(25)3/h20-22,27,32H,4-19H2,1-3H3,(H,33,34)/t27-/m0/s1. The second-order valence-corrected chi connectivity index (χ2v) is 12.1. The van der Waals surface area contributed by atoms with Gasteiger partial charge in [0.2, 0.25) is 9.70 Å². The highest BCUT2D eigenvalue weighted by Crippen LogP contribution is 2.32. The smallest absolute Gasteiger partial charge is 0.228 e. The lowest BCUT2D eigenvalue weighted by Gasteiger charge is -2.28. The van der Waals surface area contributed by atoms with E-state index in [0.717, 1.165) is 29.7 Å². The van der Waals surface area contributed by atoms with E-state index in [1.807, 2.05) is 26.0 Å². The predicted octanol–water partition coefficient (Wildman–Crippen LogP) is 9.79. The zero-order chi connectivity index (χ0) is 25.2. The van der Waals surface area contributed by atoms with Crippen molar-refractivity contribution in [2.45, 2.75) is 133 Å². The molecule has 0 saturated carbocycles. The van der Waals surface area contributed by atoms with Gasteiger partial charge < -0.3 is 10.6 Å². The predicted molar refractivity (Wildman–Crippen MR) is 151 cm³/mol. The summed E-state index contributed by atoms with van der Waals surface area (Å²) in [6, 6.07) is 5.98. The minimum atomic E-state index is -1.65. The lowest BCUT2D eigenvalue weighted by atomic mass is 10.0. The summed E-state index contributed by atoms with van der Waals surface area (Å²) in [7, 11) is 0. The molecule has 1 amide bonds. The number of hydrogen-bond acceptors (Lipinski definition) is 2. The SMILES string of the molecule is CCCCCCCCCCCCCCCCCC(=O)N[C@H](Nc1ccc(C)cc1C)C(Cl)(Cl)Cl. The molecule has 0 unspecified atom stereocenters. The number of alkyl halides is 3. The number of rotatable bonds is 19. The molecule has 196 valence electrons. The van der Waals surface area contributed by atoms with E-state index < -0.39 is 9.96 Å². The van der Waals surface area contributed by atoms with Gasteiger partial charge in [0.1, 0.15) is 6.17 Å². The molecule has 0 aromatic heterocycles. The van der Waals surface area contributed by atoms with Crippen molar-refractivity contribution in [2.75, 3.05) is 5.32 Å². The molecule has 0 fully saturated rings. The molecular weight excluding hydrogens is 487 g/mol. The number of benzene rings is 1. The highest BCUT2D eigenvalue weighted by Gasteiger charge is 2.34. The summed E-state index contributed by atoms with van der Waals surface area (Å²) in [6.07, 6.45) is 19.2. The van der Waals surface area contributed by atoms with Gasteiger partial charge >= 0.3 is 0 Å². The lowest BCUT2D eigenvalue weighted by Crippen LogP contribution is -2.49. The van der Waals surface area contributed by atoms with E-state index in [4.69, 9.17) is 34.8 Å². The molecule has 1 aromatic rings. The van der Waals surface area contributed by atoms with Crippen LogP contribution in [0.25, 0.3) is 0 Å². The normalized spacial score (nSPS) is 12.5. The summed E-state index contributed by atoms with van der Waals surface area (Å²) in [4.78, 5) is 12.4. The molecule has 3 nitrogen and oxygen atoms in total. The Hall–Kier alpha value is -0.640. The Morgan fingerprint density at radius 2 is 1.26 bits per heavy atom. The number of anilines is 1. The first-order valence-electron chi connectivity index (χ1n) is 13.4. The number of hydrogen-bond donors (Lipinski definition) is 2. The Kier molecular flexibility index (Phi) is 17.2. The summed E-state index contributed by atoms with van der Waals surface area (Å²) in [5, 5.41) is 6.02. The van der Waals surface area contributed by atoms with E-state index in [-0.39, 0.29) is 5.91 Å². The van der Waals surface area contributed by atoms with Gasteiger partial charge in [0, 0.05) is 12.1 Å². The Labute approximate surface area is 224 Å². The van der Waals surface area contributed by atoms with E-state index >= 15 is 0 Å². The molecule has 0 radical (unpaired) electrons. The molecule has 0 spiro atoms. The van der Waals surface area contributed by atoms with Gasteiger partial charge in [0.05, 0.1) is 0 Å². The fourth-order valence-corrected chi connectivity index (χ4v) is 4.55. The van der Waals surface area contributed by atoms with Crippen molar-refractivity contribution < 1.29 is 4.79 Å². The van der Waals surface area contributed by atoms with E-state index in [1.54, 1.807) is 0 Å². The Morgan fingerprint density at radius 3 is 1.71 bits per heavy atom. The molecule has 2 N–H and O–H groups in total.